The van der Waals surface area contributed by atoms with Gasteiger partial charge >= 0.3 is 0 Å². The van der Waals surface area contributed by atoms with Crippen LogP contribution in [-0.4, -0.2) is 23.7 Å². The zero-order valence-corrected chi connectivity index (χ0v) is 7.37. The lowest BCUT2D eigenvalue weighted by Gasteiger charge is -2.18. The summed E-state index contributed by atoms with van der Waals surface area (Å²) in [5.41, 5.74) is 0. The van der Waals surface area contributed by atoms with Crippen molar-refractivity contribution < 1.29 is 9.90 Å². The molecule has 2 N–H and O–H groups in total. The molecule has 1 amide bonds. The van der Waals surface area contributed by atoms with Crippen LogP contribution in [0.5, 0.6) is 0 Å². The highest BCUT2D eigenvalue weighted by Gasteiger charge is 2.13. The zero-order chi connectivity index (χ0) is 9.56. The van der Waals surface area contributed by atoms with E-state index in [9.17, 15) is 4.79 Å². The van der Waals surface area contributed by atoms with Gasteiger partial charge in [-0.05, 0) is 5.92 Å². The molecule has 0 aliphatic heterocycles. The highest BCUT2D eigenvalue weighted by molar-refractivity contribution is 5.78. The van der Waals surface area contributed by atoms with Crippen molar-refractivity contribution in [3.63, 3.8) is 0 Å². The van der Waals surface area contributed by atoms with E-state index in [1.54, 1.807) is 6.07 Å². The van der Waals surface area contributed by atoms with Crippen molar-refractivity contribution in [1.82, 2.24) is 5.32 Å². The molecule has 0 saturated carbocycles. The summed E-state index contributed by atoms with van der Waals surface area (Å²) in [6, 6.07) is 1.50. The first kappa shape index (κ1) is 10.9. The first-order valence-electron chi connectivity index (χ1n) is 3.89. The van der Waals surface area contributed by atoms with Gasteiger partial charge in [-0.15, -0.1) is 0 Å². The first-order valence-corrected chi connectivity index (χ1v) is 3.89. The summed E-state index contributed by atoms with van der Waals surface area (Å²) in [6.45, 7) is 3.70. The van der Waals surface area contributed by atoms with Gasteiger partial charge in [-0.2, -0.15) is 5.26 Å². The van der Waals surface area contributed by atoms with Crippen LogP contribution in [0.25, 0.3) is 0 Å². The maximum Gasteiger partial charge on any atom is 0.234 e. The van der Waals surface area contributed by atoms with E-state index < -0.39 is 0 Å². The van der Waals surface area contributed by atoms with Gasteiger partial charge in [-0.3, -0.25) is 4.79 Å². The van der Waals surface area contributed by atoms with Crippen LogP contribution in [0.3, 0.4) is 0 Å². The summed E-state index contributed by atoms with van der Waals surface area (Å²) in [5.74, 6) is -0.150. The van der Waals surface area contributed by atoms with Crippen LogP contribution in [0.4, 0.5) is 0 Å². The number of amides is 1. The molecule has 0 aliphatic rings. The molecule has 0 aromatic heterocycles. The number of rotatable bonds is 4. The topological polar surface area (TPSA) is 73.1 Å². The normalized spacial score (nSPS) is 12.2. The number of aliphatic hydroxyl groups is 1. The molecule has 0 rings (SSSR count). The molecular formula is C8H14N2O2. The maximum absolute atomic E-state index is 10.9. The summed E-state index contributed by atoms with van der Waals surface area (Å²) in [6.07, 6.45) is -0.150. The summed E-state index contributed by atoms with van der Waals surface area (Å²) >= 11 is 0. The highest BCUT2D eigenvalue weighted by atomic mass is 16.3. The van der Waals surface area contributed by atoms with Gasteiger partial charge in [0.15, 0.2) is 0 Å². The highest BCUT2D eigenvalue weighted by Crippen LogP contribution is 2.00. The second kappa shape index (κ2) is 5.56. The van der Waals surface area contributed by atoms with Gasteiger partial charge in [0.05, 0.1) is 18.7 Å². The van der Waals surface area contributed by atoms with Gasteiger partial charge in [-0.25, -0.2) is 0 Å². The fourth-order valence-electron chi connectivity index (χ4n) is 0.753. The standard InChI is InChI=1S/C8H14N2O2/c1-6(2)7(5-11)10-8(12)3-4-9/h6-7,11H,3,5H2,1-2H3,(H,10,12)/t7-/m1/s1. The van der Waals surface area contributed by atoms with E-state index in [0.29, 0.717) is 0 Å². The number of carbonyl (C=O) groups excluding carboxylic acids is 1. The Morgan fingerprint density at radius 1 is 1.67 bits per heavy atom. The maximum atomic E-state index is 10.9. The molecule has 0 fully saturated rings. The van der Waals surface area contributed by atoms with E-state index in [2.05, 4.69) is 5.32 Å². The fourth-order valence-corrected chi connectivity index (χ4v) is 0.753. The minimum absolute atomic E-state index is 0.0885. The molecule has 0 saturated heterocycles. The molecule has 0 aromatic rings. The zero-order valence-electron chi connectivity index (χ0n) is 7.37. The Hall–Kier alpha value is -1.08. The van der Waals surface area contributed by atoms with Crippen molar-refractivity contribution in [1.29, 1.82) is 5.26 Å². The third kappa shape index (κ3) is 3.94. The molecule has 0 unspecified atom stereocenters. The molecule has 68 valence electrons. The number of nitriles is 1. The van der Waals surface area contributed by atoms with Crippen LogP contribution >= 0.6 is 0 Å². The number of carbonyl (C=O) groups is 1. The van der Waals surface area contributed by atoms with Crippen LogP contribution in [0.1, 0.15) is 20.3 Å². The monoisotopic (exact) mass is 170 g/mol. The smallest absolute Gasteiger partial charge is 0.234 e. The largest absolute Gasteiger partial charge is 0.394 e. The Balaban J connectivity index is 3.87. The molecule has 0 aromatic carbocycles. The molecule has 0 heterocycles. The van der Waals surface area contributed by atoms with Crippen LogP contribution in [0.2, 0.25) is 0 Å². The third-order valence-electron chi connectivity index (χ3n) is 1.59. The van der Waals surface area contributed by atoms with Crippen LogP contribution < -0.4 is 5.32 Å². The minimum Gasteiger partial charge on any atom is -0.394 e. The predicted molar refractivity (Wildman–Crippen MR) is 44.1 cm³/mol. The average Bonchev–Trinajstić information content (AvgIpc) is 2.00. The van der Waals surface area contributed by atoms with E-state index in [1.807, 2.05) is 13.8 Å². The van der Waals surface area contributed by atoms with Gasteiger partial charge in [0.25, 0.3) is 0 Å². The average molecular weight is 170 g/mol. The van der Waals surface area contributed by atoms with Crippen molar-refractivity contribution in [3.05, 3.63) is 0 Å². The van der Waals surface area contributed by atoms with E-state index in [-0.39, 0.29) is 30.9 Å². The quantitative estimate of drug-likeness (QED) is 0.625. The first-order chi connectivity index (χ1) is 5.61. The van der Waals surface area contributed by atoms with E-state index >= 15 is 0 Å². The van der Waals surface area contributed by atoms with E-state index in [0.717, 1.165) is 0 Å². The van der Waals surface area contributed by atoms with E-state index in [1.165, 1.54) is 0 Å². The molecule has 0 radical (unpaired) electrons. The second-order valence-electron chi connectivity index (χ2n) is 2.94. The second-order valence-corrected chi connectivity index (χ2v) is 2.94. The van der Waals surface area contributed by atoms with Crippen LogP contribution in [0.15, 0.2) is 0 Å². The van der Waals surface area contributed by atoms with Crippen LogP contribution in [0, 0.1) is 17.2 Å². The minimum atomic E-state index is -0.328. The fraction of sp³-hybridized carbons (Fsp3) is 0.750. The predicted octanol–water partition coefficient (Wildman–Crippen LogP) is 0.0332. The number of nitrogens with one attached hydrogen (secondary N) is 1. The van der Waals surface area contributed by atoms with Gasteiger partial charge in [0, 0.05) is 0 Å². The molecule has 1 atom stereocenters. The van der Waals surface area contributed by atoms with Gasteiger partial charge in [0.2, 0.25) is 5.91 Å². The summed E-state index contributed by atoms with van der Waals surface area (Å²) in [7, 11) is 0. The molecule has 0 bridgehead atoms. The molecule has 0 spiro atoms. The van der Waals surface area contributed by atoms with Gasteiger partial charge in [0.1, 0.15) is 6.42 Å². The van der Waals surface area contributed by atoms with Crippen molar-refractivity contribution in [2.24, 2.45) is 5.92 Å². The number of nitrogens with zero attached hydrogens (tertiary/aromatic N) is 1. The summed E-state index contributed by atoms with van der Waals surface area (Å²) in [5, 5.41) is 19.6. The SMILES string of the molecule is CC(C)[C@@H](CO)NC(=O)CC#N. The lowest BCUT2D eigenvalue weighted by Crippen LogP contribution is -2.40. The molecule has 0 aliphatic carbocycles. The third-order valence-corrected chi connectivity index (χ3v) is 1.59. The number of hydrogen-bond acceptors (Lipinski definition) is 3. The van der Waals surface area contributed by atoms with Gasteiger partial charge < -0.3 is 10.4 Å². The number of aliphatic hydroxyl groups excluding tert-OH is 1. The molecule has 12 heavy (non-hydrogen) atoms. The molecule has 4 nitrogen and oxygen atoms in total. The number of hydrogen-bond donors (Lipinski definition) is 2. The molecule has 4 heteroatoms. The Morgan fingerprint density at radius 2 is 2.25 bits per heavy atom. The van der Waals surface area contributed by atoms with E-state index in [4.69, 9.17) is 10.4 Å². The van der Waals surface area contributed by atoms with Crippen molar-refractivity contribution in [2.75, 3.05) is 6.61 Å². The van der Waals surface area contributed by atoms with Crippen molar-refractivity contribution in [3.8, 4) is 6.07 Å². The lowest BCUT2D eigenvalue weighted by molar-refractivity contribution is -0.121. The Bertz CT molecular complexity index is 184. The van der Waals surface area contributed by atoms with Crippen molar-refractivity contribution >= 4 is 5.91 Å². The lowest BCUT2D eigenvalue weighted by atomic mass is 10.1. The van der Waals surface area contributed by atoms with Crippen LogP contribution in [-0.2, 0) is 4.79 Å². The van der Waals surface area contributed by atoms with Crippen molar-refractivity contribution in [2.45, 2.75) is 26.3 Å². The Morgan fingerprint density at radius 3 is 2.58 bits per heavy atom. The molecular weight excluding hydrogens is 156 g/mol. The van der Waals surface area contributed by atoms with Gasteiger partial charge in [-0.1, -0.05) is 13.8 Å². The Labute approximate surface area is 72.2 Å². The summed E-state index contributed by atoms with van der Waals surface area (Å²) in [4.78, 5) is 10.9. The summed E-state index contributed by atoms with van der Waals surface area (Å²) < 4.78 is 0. The Kier molecular flexibility index (Phi) is 5.06.